The molecule has 0 radical (unpaired) electrons. The number of nitrogens with one attached hydrogen (secondary N) is 1. The number of hydrogen-bond donors (Lipinski definition) is 1. The monoisotopic (exact) mass is 382 g/mol. The summed E-state index contributed by atoms with van der Waals surface area (Å²) in [5, 5.41) is 0. The van der Waals surface area contributed by atoms with Crippen molar-refractivity contribution >= 4 is 25.7 Å². The molecule has 1 N–H and O–H groups in total. The van der Waals surface area contributed by atoms with Crippen LogP contribution in [0.25, 0.3) is 0 Å². The molecule has 0 fully saturated rings. The zero-order valence-corrected chi connectivity index (χ0v) is 16.1. The first-order valence-corrected chi connectivity index (χ1v) is 11.0. The van der Waals surface area contributed by atoms with Crippen molar-refractivity contribution in [2.45, 2.75) is 18.7 Å². The normalized spacial score (nSPS) is 12.1. The van der Waals surface area contributed by atoms with Crippen LogP contribution in [0.15, 0.2) is 53.4 Å². The van der Waals surface area contributed by atoms with Gasteiger partial charge in [-0.25, -0.2) is 21.6 Å². The van der Waals surface area contributed by atoms with Gasteiger partial charge in [0, 0.05) is 13.1 Å². The predicted octanol–water partition coefficient (Wildman–Crippen LogP) is 2.05. The van der Waals surface area contributed by atoms with E-state index in [-0.39, 0.29) is 18.0 Å². The van der Waals surface area contributed by atoms with Crippen molar-refractivity contribution in [1.29, 1.82) is 0 Å². The molecular formula is C17H22N2O4S2. The first-order chi connectivity index (χ1) is 11.6. The third-order valence-electron chi connectivity index (χ3n) is 3.72. The van der Waals surface area contributed by atoms with Crippen molar-refractivity contribution in [2.75, 3.05) is 23.7 Å². The van der Waals surface area contributed by atoms with Gasteiger partial charge in [-0.2, -0.15) is 0 Å². The van der Waals surface area contributed by atoms with Crippen LogP contribution in [0.4, 0.5) is 5.69 Å². The van der Waals surface area contributed by atoms with E-state index < -0.39 is 20.0 Å². The topological polar surface area (TPSA) is 83.6 Å². The second kappa shape index (κ2) is 7.55. The molecule has 0 aromatic heterocycles. The molecule has 0 aliphatic rings. The first-order valence-electron chi connectivity index (χ1n) is 7.71. The third-order valence-corrected chi connectivity index (χ3v) is 6.38. The smallest absolute Gasteiger partial charge is 0.240 e. The lowest BCUT2D eigenvalue weighted by atomic mass is 10.2. The number of rotatable bonds is 7. The highest BCUT2D eigenvalue weighted by atomic mass is 32.2. The van der Waals surface area contributed by atoms with E-state index in [0.29, 0.717) is 5.69 Å². The van der Waals surface area contributed by atoms with Crippen LogP contribution in [0, 0.1) is 13.8 Å². The Hall–Kier alpha value is -1.90. The lowest BCUT2D eigenvalue weighted by molar-refractivity contribution is 0.578. The van der Waals surface area contributed by atoms with Gasteiger partial charge in [-0.15, -0.1) is 0 Å². The number of para-hydroxylation sites is 1. The maximum atomic E-state index is 12.3. The Morgan fingerprint density at radius 3 is 2.08 bits per heavy atom. The quantitative estimate of drug-likeness (QED) is 0.794. The Bertz CT molecular complexity index is 937. The predicted molar refractivity (Wildman–Crippen MR) is 99.7 cm³/mol. The minimum atomic E-state index is -3.68. The van der Waals surface area contributed by atoms with E-state index in [0.717, 1.165) is 17.4 Å². The molecule has 0 amide bonds. The van der Waals surface area contributed by atoms with Crippen LogP contribution >= 0.6 is 0 Å². The van der Waals surface area contributed by atoms with Gasteiger partial charge < -0.3 is 0 Å². The molecule has 2 aromatic rings. The second-order valence-electron chi connectivity index (χ2n) is 5.83. The molecule has 0 heterocycles. The lowest BCUT2D eigenvalue weighted by Gasteiger charge is -2.24. The molecule has 0 aliphatic heterocycles. The summed E-state index contributed by atoms with van der Waals surface area (Å²) in [6.45, 7) is 3.66. The lowest BCUT2D eigenvalue weighted by Crippen LogP contribution is -2.38. The van der Waals surface area contributed by atoms with Crippen LogP contribution in [0.1, 0.15) is 11.1 Å². The Balaban J connectivity index is 2.14. The zero-order chi connectivity index (χ0) is 18.7. The molecule has 0 spiro atoms. The van der Waals surface area contributed by atoms with Gasteiger partial charge >= 0.3 is 0 Å². The van der Waals surface area contributed by atoms with Gasteiger partial charge in [-0.05, 0) is 37.6 Å². The summed E-state index contributed by atoms with van der Waals surface area (Å²) >= 11 is 0. The summed E-state index contributed by atoms with van der Waals surface area (Å²) in [6.07, 6.45) is 1.11. The van der Waals surface area contributed by atoms with E-state index in [9.17, 15) is 16.8 Å². The zero-order valence-electron chi connectivity index (χ0n) is 14.4. The van der Waals surface area contributed by atoms with Gasteiger partial charge in [0.1, 0.15) is 0 Å². The maximum Gasteiger partial charge on any atom is 0.240 e. The van der Waals surface area contributed by atoms with E-state index in [1.165, 1.54) is 16.4 Å². The second-order valence-corrected chi connectivity index (χ2v) is 9.51. The van der Waals surface area contributed by atoms with E-state index in [1.807, 2.05) is 26.0 Å². The number of anilines is 1. The third kappa shape index (κ3) is 5.04. The van der Waals surface area contributed by atoms with Crippen molar-refractivity contribution in [1.82, 2.24) is 4.72 Å². The molecule has 0 aliphatic carbocycles. The molecule has 0 saturated heterocycles. The van der Waals surface area contributed by atoms with Crippen LogP contribution in [-0.4, -0.2) is 36.2 Å². The van der Waals surface area contributed by atoms with Crippen molar-refractivity contribution in [3.8, 4) is 0 Å². The van der Waals surface area contributed by atoms with Gasteiger partial charge in [0.25, 0.3) is 0 Å². The van der Waals surface area contributed by atoms with Crippen molar-refractivity contribution < 1.29 is 16.8 Å². The van der Waals surface area contributed by atoms with Gasteiger partial charge in [-0.3, -0.25) is 4.31 Å². The van der Waals surface area contributed by atoms with E-state index >= 15 is 0 Å². The average Bonchev–Trinajstić information content (AvgIpc) is 2.52. The van der Waals surface area contributed by atoms with Crippen molar-refractivity contribution in [3.63, 3.8) is 0 Å². The molecule has 6 nitrogen and oxygen atoms in total. The number of nitrogens with zero attached hydrogens (tertiary/aromatic N) is 1. The first kappa shape index (κ1) is 19.4. The Morgan fingerprint density at radius 2 is 1.52 bits per heavy atom. The summed E-state index contributed by atoms with van der Waals surface area (Å²) in [5.74, 6) is 0. The van der Waals surface area contributed by atoms with Crippen molar-refractivity contribution in [3.05, 3.63) is 59.7 Å². The fourth-order valence-corrected chi connectivity index (χ4v) is 4.40. The Labute approximate surface area is 149 Å². The number of sulfonamides is 2. The van der Waals surface area contributed by atoms with Crippen molar-refractivity contribution in [2.24, 2.45) is 0 Å². The van der Waals surface area contributed by atoms with Crippen LogP contribution in [0.5, 0.6) is 0 Å². The highest BCUT2D eigenvalue weighted by Gasteiger charge is 2.20. The fraction of sp³-hybridized carbons (Fsp3) is 0.294. The molecule has 2 aromatic carbocycles. The Morgan fingerprint density at radius 1 is 0.920 bits per heavy atom. The molecule has 0 unspecified atom stereocenters. The van der Waals surface area contributed by atoms with Gasteiger partial charge in [0.15, 0.2) is 0 Å². The Kier molecular flexibility index (Phi) is 5.87. The van der Waals surface area contributed by atoms with Gasteiger partial charge in [-0.1, -0.05) is 35.9 Å². The molecule has 25 heavy (non-hydrogen) atoms. The molecule has 2 rings (SSSR count). The average molecular weight is 383 g/mol. The number of benzene rings is 2. The van der Waals surface area contributed by atoms with Crippen LogP contribution < -0.4 is 9.03 Å². The van der Waals surface area contributed by atoms with E-state index in [1.54, 1.807) is 24.3 Å². The summed E-state index contributed by atoms with van der Waals surface area (Å²) in [7, 11) is -7.21. The van der Waals surface area contributed by atoms with E-state index in [4.69, 9.17) is 0 Å². The fourth-order valence-electron chi connectivity index (χ4n) is 2.39. The highest BCUT2D eigenvalue weighted by molar-refractivity contribution is 7.92. The molecular weight excluding hydrogens is 360 g/mol. The minimum absolute atomic E-state index is 0.00871. The number of hydrogen-bond acceptors (Lipinski definition) is 4. The van der Waals surface area contributed by atoms with Gasteiger partial charge in [0.2, 0.25) is 20.0 Å². The van der Waals surface area contributed by atoms with E-state index in [2.05, 4.69) is 4.72 Å². The summed E-state index contributed by atoms with van der Waals surface area (Å²) in [5.41, 5.74) is 2.30. The van der Waals surface area contributed by atoms with Crippen LogP contribution in [0.2, 0.25) is 0 Å². The highest BCUT2D eigenvalue weighted by Crippen LogP contribution is 2.21. The molecule has 136 valence electrons. The molecule has 0 bridgehead atoms. The summed E-state index contributed by atoms with van der Waals surface area (Å²) < 4.78 is 52.5. The standard InChI is InChI=1S/C17H22N2O4S2/c1-14-8-10-16(11-9-14)25(22,23)18-12-13-19(24(3,20)21)17-7-5-4-6-15(17)2/h4-11,18H,12-13H2,1-3H3. The number of aryl methyl sites for hydroxylation is 2. The van der Waals surface area contributed by atoms with Crippen LogP contribution in [0.3, 0.4) is 0 Å². The SMILES string of the molecule is Cc1ccc(S(=O)(=O)NCCN(c2ccccc2C)S(C)(=O)=O)cc1. The van der Waals surface area contributed by atoms with Gasteiger partial charge in [0.05, 0.1) is 16.8 Å². The van der Waals surface area contributed by atoms with Crippen LogP contribution in [-0.2, 0) is 20.0 Å². The molecule has 8 heteroatoms. The molecule has 0 atom stereocenters. The minimum Gasteiger partial charge on any atom is -0.269 e. The summed E-state index contributed by atoms with van der Waals surface area (Å²) in [4.78, 5) is 0.153. The molecule has 0 saturated carbocycles. The maximum absolute atomic E-state index is 12.3. The summed E-state index contributed by atoms with van der Waals surface area (Å²) in [6, 6.07) is 13.5. The largest absolute Gasteiger partial charge is 0.269 e.